The van der Waals surface area contributed by atoms with Crippen molar-refractivity contribution in [3.05, 3.63) is 11.3 Å². The topological polar surface area (TPSA) is 3.24 Å². The highest BCUT2D eigenvalue weighted by Gasteiger charge is 2.23. The zero-order valence-electron chi connectivity index (χ0n) is 10.6. The highest BCUT2D eigenvalue weighted by Crippen LogP contribution is 2.32. The Kier molecular flexibility index (Phi) is 4.32. The Balaban J connectivity index is 3.01. The highest BCUT2D eigenvalue weighted by atomic mass is 32.1. The van der Waals surface area contributed by atoms with Gasteiger partial charge in [-0.3, -0.25) is 0 Å². The molecule has 0 saturated heterocycles. The van der Waals surface area contributed by atoms with Crippen molar-refractivity contribution in [1.29, 1.82) is 0 Å². The SMILES string of the molecule is CC(=S)N(C1=C(C)C(C)CCC1)C(C)C. The van der Waals surface area contributed by atoms with Gasteiger partial charge in [-0.05, 0) is 52.9 Å². The largest absolute Gasteiger partial charge is 0.338 e. The zero-order chi connectivity index (χ0) is 11.6. The molecule has 2 heteroatoms. The number of hydrogen-bond acceptors (Lipinski definition) is 1. The molecule has 15 heavy (non-hydrogen) atoms. The van der Waals surface area contributed by atoms with E-state index in [4.69, 9.17) is 12.2 Å². The molecular formula is C13H23NS. The van der Waals surface area contributed by atoms with Gasteiger partial charge in [0.25, 0.3) is 0 Å². The van der Waals surface area contributed by atoms with Crippen molar-refractivity contribution in [2.75, 3.05) is 0 Å². The summed E-state index contributed by atoms with van der Waals surface area (Å²) in [5.74, 6) is 0.726. The summed E-state index contributed by atoms with van der Waals surface area (Å²) >= 11 is 5.36. The standard InChI is InChI=1S/C13H23NS/c1-9(2)14(12(5)15)13-8-6-7-10(3)11(13)4/h9-10H,6-8H2,1-5H3. The van der Waals surface area contributed by atoms with Crippen LogP contribution in [0.1, 0.15) is 53.9 Å². The summed E-state index contributed by atoms with van der Waals surface area (Å²) < 4.78 is 0. The lowest BCUT2D eigenvalue weighted by molar-refractivity contribution is 0.375. The molecule has 0 fully saturated rings. The van der Waals surface area contributed by atoms with Crippen LogP contribution in [0.15, 0.2) is 11.3 Å². The van der Waals surface area contributed by atoms with Gasteiger partial charge in [0, 0.05) is 11.7 Å². The van der Waals surface area contributed by atoms with Gasteiger partial charge in [-0.15, -0.1) is 0 Å². The van der Waals surface area contributed by atoms with Gasteiger partial charge < -0.3 is 4.90 Å². The maximum atomic E-state index is 5.36. The van der Waals surface area contributed by atoms with Gasteiger partial charge >= 0.3 is 0 Å². The predicted molar refractivity (Wildman–Crippen MR) is 71.0 cm³/mol. The lowest BCUT2D eigenvalue weighted by Gasteiger charge is -2.36. The van der Waals surface area contributed by atoms with Gasteiger partial charge in [0.2, 0.25) is 0 Å². The molecular weight excluding hydrogens is 202 g/mol. The molecule has 0 spiro atoms. The minimum absolute atomic E-state index is 0.484. The lowest BCUT2D eigenvalue weighted by Crippen LogP contribution is -2.35. The summed E-state index contributed by atoms with van der Waals surface area (Å²) in [6.07, 6.45) is 3.83. The molecule has 0 aromatic heterocycles. The van der Waals surface area contributed by atoms with E-state index in [1.807, 2.05) is 6.92 Å². The van der Waals surface area contributed by atoms with Crippen molar-refractivity contribution in [1.82, 2.24) is 4.90 Å². The molecule has 0 amide bonds. The second-order valence-corrected chi connectivity index (χ2v) is 5.50. The fourth-order valence-corrected chi connectivity index (χ4v) is 2.77. The molecule has 86 valence electrons. The summed E-state index contributed by atoms with van der Waals surface area (Å²) in [6, 6.07) is 0.484. The van der Waals surface area contributed by atoms with E-state index in [-0.39, 0.29) is 0 Å². The molecule has 1 unspecified atom stereocenters. The van der Waals surface area contributed by atoms with Crippen LogP contribution in [0.5, 0.6) is 0 Å². The first-order valence-electron chi connectivity index (χ1n) is 5.94. The van der Waals surface area contributed by atoms with Crippen LogP contribution in [-0.4, -0.2) is 15.9 Å². The minimum atomic E-state index is 0.484. The summed E-state index contributed by atoms with van der Waals surface area (Å²) in [5, 5.41) is 0. The van der Waals surface area contributed by atoms with Crippen LogP contribution in [0, 0.1) is 5.92 Å². The second kappa shape index (κ2) is 5.11. The minimum Gasteiger partial charge on any atom is -0.338 e. The van der Waals surface area contributed by atoms with Crippen molar-refractivity contribution >= 4 is 17.2 Å². The summed E-state index contributed by atoms with van der Waals surface area (Å²) in [4.78, 5) is 3.34. The van der Waals surface area contributed by atoms with Crippen molar-refractivity contribution in [2.45, 2.75) is 59.9 Å². The Labute approximate surface area is 99.5 Å². The van der Waals surface area contributed by atoms with E-state index in [2.05, 4.69) is 32.6 Å². The summed E-state index contributed by atoms with van der Waals surface area (Å²) in [7, 11) is 0. The maximum Gasteiger partial charge on any atom is 0.0792 e. The molecule has 0 N–H and O–H groups in total. The average Bonchev–Trinajstić information content (AvgIpc) is 2.11. The van der Waals surface area contributed by atoms with Gasteiger partial charge in [0.15, 0.2) is 0 Å². The Morgan fingerprint density at radius 2 is 2.07 bits per heavy atom. The van der Waals surface area contributed by atoms with Crippen molar-refractivity contribution < 1.29 is 0 Å². The van der Waals surface area contributed by atoms with Crippen LogP contribution in [0.3, 0.4) is 0 Å². The first kappa shape index (κ1) is 12.7. The fourth-order valence-electron chi connectivity index (χ4n) is 2.45. The van der Waals surface area contributed by atoms with E-state index >= 15 is 0 Å². The molecule has 1 aliphatic carbocycles. The van der Waals surface area contributed by atoms with E-state index in [1.165, 1.54) is 25.0 Å². The third kappa shape index (κ3) is 2.81. The molecule has 1 aliphatic rings. The van der Waals surface area contributed by atoms with E-state index in [1.54, 1.807) is 5.57 Å². The first-order valence-corrected chi connectivity index (χ1v) is 6.35. The van der Waals surface area contributed by atoms with E-state index in [9.17, 15) is 0 Å². The first-order chi connectivity index (χ1) is 6.95. The van der Waals surface area contributed by atoms with Crippen LogP contribution in [0.4, 0.5) is 0 Å². The highest BCUT2D eigenvalue weighted by molar-refractivity contribution is 7.80. The van der Waals surface area contributed by atoms with Gasteiger partial charge in [-0.25, -0.2) is 0 Å². The lowest BCUT2D eigenvalue weighted by atomic mass is 9.87. The number of hydrogen-bond donors (Lipinski definition) is 0. The van der Waals surface area contributed by atoms with E-state index < -0.39 is 0 Å². The molecule has 1 nitrogen and oxygen atoms in total. The van der Waals surface area contributed by atoms with Crippen LogP contribution >= 0.6 is 12.2 Å². The van der Waals surface area contributed by atoms with Crippen molar-refractivity contribution in [2.24, 2.45) is 5.92 Å². The Hall–Kier alpha value is -0.370. The molecule has 0 bridgehead atoms. The van der Waals surface area contributed by atoms with Gasteiger partial charge in [-0.2, -0.15) is 0 Å². The second-order valence-electron chi connectivity index (χ2n) is 4.91. The zero-order valence-corrected chi connectivity index (χ0v) is 11.4. The molecule has 1 atom stereocenters. The Morgan fingerprint density at radius 1 is 1.47 bits per heavy atom. The maximum absolute atomic E-state index is 5.36. The molecule has 1 rings (SSSR count). The normalized spacial score (nSPS) is 22.1. The van der Waals surface area contributed by atoms with Crippen LogP contribution in [-0.2, 0) is 0 Å². The van der Waals surface area contributed by atoms with E-state index in [0.29, 0.717) is 6.04 Å². The number of rotatable bonds is 2. The Morgan fingerprint density at radius 3 is 2.53 bits per heavy atom. The number of thiocarbonyl (C=S) groups is 1. The van der Waals surface area contributed by atoms with Crippen molar-refractivity contribution in [3.63, 3.8) is 0 Å². The number of allylic oxidation sites excluding steroid dienone is 2. The molecule has 0 aromatic rings. The number of nitrogens with zero attached hydrogens (tertiary/aromatic N) is 1. The van der Waals surface area contributed by atoms with Gasteiger partial charge in [0.1, 0.15) is 0 Å². The third-order valence-electron chi connectivity index (χ3n) is 3.39. The smallest absolute Gasteiger partial charge is 0.0792 e. The van der Waals surface area contributed by atoms with Gasteiger partial charge in [-0.1, -0.05) is 24.7 Å². The Bertz CT molecular complexity index is 278. The summed E-state index contributed by atoms with van der Waals surface area (Å²) in [6.45, 7) is 11.1. The van der Waals surface area contributed by atoms with Crippen LogP contribution in [0.25, 0.3) is 0 Å². The average molecular weight is 225 g/mol. The van der Waals surface area contributed by atoms with Gasteiger partial charge in [0.05, 0.1) is 4.99 Å². The van der Waals surface area contributed by atoms with Crippen LogP contribution in [0.2, 0.25) is 0 Å². The van der Waals surface area contributed by atoms with E-state index in [0.717, 1.165) is 10.9 Å². The molecule has 0 aliphatic heterocycles. The molecule has 0 heterocycles. The fraction of sp³-hybridized carbons (Fsp3) is 0.769. The monoisotopic (exact) mass is 225 g/mol. The third-order valence-corrected chi connectivity index (χ3v) is 3.59. The molecule has 0 radical (unpaired) electrons. The summed E-state index contributed by atoms with van der Waals surface area (Å²) in [5.41, 5.74) is 3.02. The molecule has 0 saturated carbocycles. The molecule has 0 aromatic carbocycles. The quantitative estimate of drug-likeness (QED) is 0.650. The van der Waals surface area contributed by atoms with Crippen LogP contribution < -0.4 is 0 Å². The van der Waals surface area contributed by atoms with Crippen molar-refractivity contribution in [3.8, 4) is 0 Å². The predicted octanol–water partition coefficient (Wildman–Crippen LogP) is 4.14.